The highest BCUT2D eigenvalue weighted by Gasteiger charge is 2.22. The maximum Gasteiger partial charge on any atom is 0.167 e. The van der Waals surface area contributed by atoms with Crippen LogP contribution in [0.2, 0.25) is 0 Å². The second-order valence-electron chi connectivity index (χ2n) is 4.41. The number of nitrogens with one attached hydrogen (secondary N) is 1. The van der Waals surface area contributed by atoms with Crippen molar-refractivity contribution in [1.29, 1.82) is 0 Å². The van der Waals surface area contributed by atoms with Crippen molar-refractivity contribution < 1.29 is 9.59 Å². The van der Waals surface area contributed by atoms with E-state index in [9.17, 15) is 9.59 Å². The summed E-state index contributed by atoms with van der Waals surface area (Å²) in [5.74, 6) is -0.0583. The third kappa shape index (κ3) is 3.16. The van der Waals surface area contributed by atoms with E-state index >= 15 is 0 Å². The van der Waals surface area contributed by atoms with E-state index in [1.54, 1.807) is 6.20 Å². The van der Waals surface area contributed by atoms with Crippen LogP contribution in [0.3, 0.4) is 0 Å². The van der Waals surface area contributed by atoms with Crippen LogP contribution in [-0.2, 0) is 9.59 Å². The topological polar surface area (TPSA) is 46.2 Å². The van der Waals surface area contributed by atoms with Crippen LogP contribution < -0.4 is 5.32 Å². The predicted molar refractivity (Wildman–Crippen MR) is 66.2 cm³/mol. The molecule has 0 unspecified atom stereocenters. The minimum absolute atomic E-state index is 0.0292. The van der Waals surface area contributed by atoms with E-state index in [1.165, 1.54) is 0 Å². The van der Waals surface area contributed by atoms with Gasteiger partial charge in [-0.05, 0) is 31.8 Å². The van der Waals surface area contributed by atoms with Crippen LogP contribution >= 0.6 is 0 Å². The Kier molecular flexibility index (Phi) is 3.91. The summed E-state index contributed by atoms with van der Waals surface area (Å²) in [6, 6.07) is 0. The van der Waals surface area contributed by atoms with Crippen LogP contribution in [0, 0.1) is 0 Å². The minimum atomic E-state index is -0.0292. The average molecular weight is 231 g/mol. The highest BCUT2D eigenvalue weighted by molar-refractivity contribution is 6.21. The maximum atomic E-state index is 11.6. The molecular weight excluding hydrogens is 214 g/mol. The molecule has 0 aliphatic heterocycles. The van der Waals surface area contributed by atoms with Crippen molar-refractivity contribution in [3.63, 3.8) is 0 Å². The van der Waals surface area contributed by atoms with Crippen molar-refractivity contribution in [1.82, 2.24) is 5.32 Å². The quantitative estimate of drug-likeness (QED) is 0.586. The Morgan fingerprint density at radius 3 is 2.59 bits per heavy atom. The normalized spacial score (nSPS) is 20.9. The molecular formula is C14H17NO2. The maximum absolute atomic E-state index is 11.6. The first kappa shape index (κ1) is 11.8. The molecule has 0 saturated heterocycles. The van der Waals surface area contributed by atoms with E-state index < -0.39 is 0 Å². The smallest absolute Gasteiger partial charge is 0.167 e. The summed E-state index contributed by atoms with van der Waals surface area (Å²) in [6.07, 6.45) is 12.6. The van der Waals surface area contributed by atoms with Gasteiger partial charge >= 0.3 is 0 Å². The van der Waals surface area contributed by atoms with Gasteiger partial charge in [-0.25, -0.2) is 0 Å². The fourth-order valence-corrected chi connectivity index (χ4v) is 2.05. The molecule has 2 aliphatic carbocycles. The van der Waals surface area contributed by atoms with Crippen LogP contribution in [0.1, 0.15) is 38.5 Å². The molecule has 0 spiro atoms. The van der Waals surface area contributed by atoms with Crippen molar-refractivity contribution in [3.05, 3.63) is 35.7 Å². The van der Waals surface area contributed by atoms with Gasteiger partial charge in [0.15, 0.2) is 11.6 Å². The third-order valence-electron chi connectivity index (χ3n) is 3.06. The minimum Gasteiger partial charge on any atom is -0.364 e. The molecule has 0 amide bonds. The largest absolute Gasteiger partial charge is 0.364 e. The van der Waals surface area contributed by atoms with Crippen LogP contribution in [0.4, 0.5) is 0 Å². The summed E-state index contributed by atoms with van der Waals surface area (Å²) in [6.45, 7) is 0. The molecule has 0 bridgehead atoms. The fourth-order valence-electron chi connectivity index (χ4n) is 2.05. The number of carbonyl (C=O) groups excluding carboxylic acids is 2. The molecule has 3 nitrogen and oxygen atoms in total. The van der Waals surface area contributed by atoms with E-state index in [1.807, 2.05) is 12.2 Å². The van der Waals surface area contributed by atoms with E-state index in [2.05, 4.69) is 11.4 Å². The molecule has 90 valence electrons. The molecule has 1 N–H and O–H groups in total. The van der Waals surface area contributed by atoms with Gasteiger partial charge in [-0.3, -0.25) is 9.59 Å². The summed E-state index contributed by atoms with van der Waals surface area (Å²) in [5, 5.41) is 3.10. The van der Waals surface area contributed by atoms with Crippen molar-refractivity contribution >= 4 is 11.6 Å². The number of ketones is 2. The van der Waals surface area contributed by atoms with Gasteiger partial charge in [0.25, 0.3) is 0 Å². The summed E-state index contributed by atoms with van der Waals surface area (Å²) in [7, 11) is 0. The molecule has 0 aromatic carbocycles. The van der Waals surface area contributed by atoms with Gasteiger partial charge in [-0.15, -0.1) is 0 Å². The zero-order valence-electron chi connectivity index (χ0n) is 9.87. The lowest BCUT2D eigenvalue weighted by molar-refractivity contribution is -0.123. The Balaban J connectivity index is 2.03. The van der Waals surface area contributed by atoms with Crippen LogP contribution in [-0.4, -0.2) is 11.6 Å². The summed E-state index contributed by atoms with van der Waals surface area (Å²) in [5.41, 5.74) is 1.41. The van der Waals surface area contributed by atoms with Crippen molar-refractivity contribution in [3.8, 4) is 0 Å². The molecule has 17 heavy (non-hydrogen) atoms. The molecule has 0 heterocycles. The molecule has 0 radical (unpaired) electrons. The lowest BCUT2D eigenvalue weighted by atomic mass is 9.93. The van der Waals surface area contributed by atoms with Gasteiger partial charge in [-0.2, -0.15) is 0 Å². The second-order valence-corrected chi connectivity index (χ2v) is 4.41. The standard InChI is InChI=1S/C14H17NO2/c16-13-8-5-9-14(17)12(13)10-15-11-6-3-1-2-4-7-11/h1,3,6,10,15H,2,4-5,7-9H2. The van der Waals surface area contributed by atoms with E-state index in [-0.39, 0.29) is 11.6 Å². The van der Waals surface area contributed by atoms with Gasteiger partial charge in [0.2, 0.25) is 0 Å². The molecule has 2 rings (SSSR count). The van der Waals surface area contributed by atoms with Crippen LogP contribution in [0.25, 0.3) is 0 Å². The molecule has 0 aromatic heterocycles. The third-order valence-corrected chi connectivity index (χ3v) is 3.06. The van der Waals surface area contributed by atoms with Crippen molar-refractivity contribution in [2.75, 3.05) is 0 Å². The lowest BCUT2D eigenvalue weighted by Crippen LogP contribution is -2.21. The second kappa shape index (κ2) is 5.62. The number of hydrogen-bond acceptors (Lipinski definition) is 3. The van der Waals surface area contributed by atoms with Crippen LogP contribution in [0.5, 0.6) is 0 Å². The molecule has 0 atom stereocenters. The van der Waals surface area contributed by atoms with Gasteiger partial charge in [0.05, 0.1) is 5.57 Å². The fraction of sp³-hybridized carbons (Fsp3) is 0.429. The molecule has 3 heteroatoms. The number of hydrogen-bond donors (Lipinski definition) is 1. The first-order chi connectivity index (χ1) is 8.27. The summed E-state index contributed by atoms with van der Waals surface area (Å²) >= 11 is 0. The van der Waals surface area contributed by atoms with Gasteiger partial charge in [0, 0.05) is 24.7 Å². The first-order valence-corrected chi connectivity index (χ1v) is 6.16. The van der Waals surface area contributed by atoms with Crippen LogP contribution in [0.15, 0.2) is 35.7 Å². The highest BCUT2D eigenvalue weighted by Crippen LogP contribution is 2.16. The van der Waals surface area contributed by atoms with E-state index in [0.717, 1.165) is 25.0 Å². The monoisotopic (exact) mass is 231 g/mol. The Bertz CT molecular complexity index is 398. The lowest BCUT2D eigenvalue weighted by Gasteiger charge is -2.12. The van der Waals surface area contributed by atoms with E-state index in [4.69, 9.17) is 0 Å². The number of rotatable bonds is 2. The molecule has 1 saturated carbocycles. The SMILES string of the molecule is O=C1CCCC(=O)C1=CNC1=CC=CCCC1. The highest BCUT2D eigenvalue weighted by atomic mass is 16.1. The number of carbonyl (C=O) groups is 2. The average Bonchev–Trinajstić information content (AvgIpc) is 2.57. The molecule has 2 aliphatic rings. The Hall–Kier alpha value is -1.64. The Morgan fingerprint density at radius 2 is 1.82 bits per heavy atom. The van der Waals surface area contributed by atoms with Gasteiger partial charge in [0.1, 0.15) is 0 Å². The number of Topliss-reactive ketones (excluding diaryl/α,β-unsaturated/α-hetero) is 2. The summed E-state index contributed by atoms with van der Waals surface area (Å²) in [4.78, 5) is 23.2. The van der Waals surface area contributed by atoms with Crippen molar-refractivity contribution in [2.24, 2.45) is 0 Å². The zero-order valence-corrected chi connectivity index (χ0v) is 9.87. The van der Waals surface area contributed by atoms with Gasteiger partial charge in [-0.1, -0.05) is 12.2 Å². The predicted octanol–water partition coefficient (Wildman–Crippen LogP) is 2.41. The van der Waals surface area contributed by atoms with Crippen molar-refractivity contribution in [2.45, 2.75) is 38.5 Å². The Morgan fingerprint density at radius 1 is 1.06 bits per heavy atom. The Labute approximate surface area is 101 Å². The first-order valence-electron chi connectivity index (χ1n) is 6.16. The molecule has 0 aromatic rings. The van der Waals surface area contributed by atoms with Gasteiger partial charge < -0.3 is 5.32 Å². The molecule has 1 fully saturated rings. The zero-order chi connectivity index (χ0) is 12.1. The number of allylic oxidation sites excluding steroid dienone is 5. The van der Waals surface area contributed by atoms with E-state index in [0.29, 0.717) is 24.8 Å². The summed E-state index contributed by atoms with van der Waals surface area (Å²) < 4.78 is 0.